The van der Waals surface area contributed by atoms with Gasteiger partial charge in [0.1, 0.15) is 4.83 Å². The standard InChI is InChI=1S/C5H8BrN/c1-4(2)5(6)3-7/h4-5H,1-2H3. The molecule has 0 aromatic rings. The molecule has 40 valence electrons. The van der Waals surface area contributed by atoms with Crippen molar-refractivity contribution in [1.29, 1.82) is 5.26 Å². The summed E-state index contributed by atoms with van der Waals surface area (Å²) in [4.78, 5) is 0.0208. The summed E-state index contributed by atoms with van der Waals surface area (Å²) in [6.45, 7) is 4.01. The quantitative estimate of drug-likeness (QED) is 0.540. The van der Waals surface area contributed by atoms with Crippen LogP contribution in [0, 0.1) is 17.2 Å². The molecular weight excluding hydrogens is 154 g/mol. The maximum atomic E-state index is 8.21. The summed E-state index contributed by atoms with van der Waals surface area (Å²) < 4.78 is 0. The van der Waals surface area contributed by atoms with Crippen molar-refractivity contribution in [2.75, 3.05) is 0 Å². The van der Waals surface area contributed by atoms with E-state index >= 15 is 0 Å². The zero-order valence-electron chi connectivity index (χ0n) is 4.48. The van der Waals surface area contributed by atoms with Crippen molar-refractivity contribution in [3.8, 4) is 6.07 Å². The van der Waals surface area contributed by atoms with Crippen molar-refractivity contribution in [3.05, 3.63) is 0 Å². The van der Waals surface area contributed by atoms with Crippen molar-refractivity contribution < 1.29 is 0 Å². The third-order valence-corrected chi connectivity index (χ3v) is 1.97. The van der Waals surface area contributed by atoms with E-state index in [1.807, 2.05) is 13.8 Å². The van der Waals surface area contributed by atoms with E-state index in [1.165, 1.54) is 0 Å². The fourth-order valence-electron chi connectivity index (χ4n) is 0.149. The van der Waals surface area contributed by atoms with Gasteiger partial charge >= 0.3 is 0 Å². The number of alkyl halides is 1. The molecule has 0 saturated heterocycles. The van der Waals surface area contributed by atoms with Gasteiger partial charge in [-0.15, -0.1) is 0 Å². The minimum absolute atomic E-state index is 0.0208. The van der Waals surface area contributed by atoms with Crippen LogP contribution in [0.15, 0.2) is 0 Å². The van der Waals surface area contributed by atoms with Crippen molar-refractivity contribution in [1.82, 2.24) is 0 Å². The zero-order chi connectivity index (χ0) is 5.86. The van der Waals surface area contributed by atoms with E-state index in [2.05, 4.69) is 22.0 Å². The summed E-state index contributed by atoms with van der Waals surface area (Å²) in [7, 11) is 0. The minimum atomic E-state index is 0.0208. The molecule has 0 spiro atoms. The molecular formula is C5H8BrN. The van der Waals surface area contributed by atoms with Crippen LogP contribution in [0.2, 0.25) is 0 Å². The molecule has 0 N–H and O–H groups in total. The Bertz CT molecular complexity index is 82.6. The second kappa shape index (κ2) is 3.04. The third-order valence-electron chi connectivity index (χ3n) is 0.709. The number of hydrogen-bond donors (Lipinski definition) is 0. The topological polar surface area (TPSA) is 23.8 Å². The molecule has 0 saturated carbocycles. The van der Waals surface area contributed by atoms with Crippen molar-refractivity contribution in [2.45, 2.75) is 18.7 Å². The van der Waals surface area contributed by atoms with Crippen LogP contribution >= 0.6 is 15.9 Å². The Kier molecular flexibility index (Phi) is 3.02. The van der Waals surface area contributed by atoms with Crippen LogP contribution in [0.3, 0.4) is 0 Å². The van der Waals surface area contributed by atoms with Gasteiger partial charge in [0.05, 0.1) is 6.07 Å². The lowest BCUT2D eigenvalue weighted by Gasteiger charge is -2.00. The van der Waals surface area contributed by atoms with Gasteiger partial charge in [-0.05, 0) is 5.92 Å². The van der Waals surface area contributed by atoms with Crippen LogP contribution in [-0.2, 0) is 0 Å². The second-order valence-electron chi connectivity index (χ2n) is 1.77. The summed E-state index contributed by atoms with van der Waals surface area (Å²) in [6, 6.07) is 2.08. The summed E-state index contributed by atoms with van der Waals surface area (Å²) in [5.41, 5.74) is 0. The summed E-state index contributed by atoms with van der Waals surface area (Å²) >= 11 is 3.18. The molecule has 0 bridgehead atoms. The minimum Gasteiger partial charge on any atom is -0.197 e. The number of hydrogen-bond acceptors (Lipinski definition) is 1. The van der Waals surface area contributed by atoms with E-state index in [0.29, 0.717) is 5.92 Å². The highest BCUT2D eigenvalue weighted by Gasteiger charge is 2.04. The molecule has 0 aliphatic rings. The number of rotatable bonds is 1. The van der Waals surface area contributed by atoms with E-state index in [1.54, 1.807) is 0 Å². The first-order valence-corrected chi connectivity index (χ1v) is 3.13. The zero-order valence-corrected chi connectivity index (χ0v) is 6.07. The Morgan fingerprint density at radius 2 is 2.00 bits per heavy atom. The number of nitrogens with zero attached hydrogens (tertiary/aromatic N) is 1. The Morgan fingerprint density at radius 1 is 1.57 bits per heavy atom. The Labute approximate surface area is 52.5 Å². The molecule has 0 radical (unpaired) electrons. The lowest BCUT2D eigenvalue weighted by Crippen LogP contribution is -2.01. The molecule has 0 aliphatic heterocycles. The van der Waals surface area contributed by atoms with Crippen LogP contribution in [0.5, 0.6) is 0 Å². The maximum absolute atomic E-state index is 8.21. The van der Waals surface area contributed by atoms with Gasteiger partial charge in [-0.25, -0.2) is 0 Å². The molecule has 0 aromatic carbocycles. The first-order valence-electron chi connectivity index (χ1n) is 2.22. The maximum Gasteiger partial charge on any atom is 0.104 e. The first-order chi connectivity index (χ1) is 3.18. The van der Waals surface area contributed by atoms with Gasteiger partial charge < -0.3 is 0 Å². The normalized spacial score (nSPS) is 13.6. The molecule has 2 heteroatoms. The Hall–Kier alpha value is -0.0300. The highest BCUT2D eigenvalue weighted by Crippen LogP contribution is 2.08. The Balaban J connectivity index is 3.40. The molecule has 1 unspecified atom stereocenters. The fraction of sp³-hybridized carbons (Fsp3) is 0.800. The van der Waals surface area contributed by atoms with E-state index in [4.69, 9.17) is 5.26 Å². The van der Waals surface area contributed by atoms with Gasteiger partial charge in [0.2, 0.25) is 0 Å². The lowest BCUT2D eigenvalue weighted by molar-refractivity contribution is 0.693. The summed E-state index contributed by atoms with van der Waals surface area (Å²) in [5.74, 6) is 0.421. The molecule has 0 amide bonds. The number of nitriles is 1. The smallest absolute Gasteiger partial charge is 0.104 e. The highest BCUT2D eigenvalue weighted by molar-refractivity contribution is 9.09. The van der Waals surface area contributed by atoms with Crippen molar-refractivity contribution >= 4 is 15.9 Å². The van der Waals surface area contributed by atoms with Gasteiger partial charge in [0, 0.05) is 0 Å². The highest BCUT2D eigenvalue weighted by atomic mass is 79.9. The molecule has 7 heavy (non-hydrogen) atoms. The third kappa shape index (κ3) is 2.64. The molecule has 0 aromatic heterocycles. The van der Waals surface area contributed by atoms with E-state index in [-0.39, 0.29) is 4.83 Å². The fourth-order valence-corrected chi connectivity index (χ4v) is 0.149. The van der Waals surface area contributed by atoms with Gasteiger partial charge in [0.25, 0.3) is 0 Å². The molecule has 0 fully saturated rings. The average Bonchev–Trinajstić information content (AvgIpc) is 1.65. The lowest BCUT2D eigenvalue weighted by atomic mass is 10.2. The largest absolute Gasteiger partial charge is 0.197 e. The van der Waals surface area contributed by atoms with E-state index in [0.717, 1.165) is 0 Å². The van der Waals surface area contributed by atoms with E-state index in [9.17, 15) is 0 Å². The van der Waals surface area contributed by atoms with Gasteiger partial charge in [0.15, 0.2) is 0 Å². The Morgan fingerprint density at radius 3 is 2.00 bits per heavy atom. The van der Waals surface area contributed by atoms with E-state index < -0.39 is 0 Å². The molecule has 0 heterocycles. The molecule has 0 rings (SSSR count). The summed E-state index contributed by atoms with van der Waals surface area (Å²) in [5, 5.41) is 8.21. The van der Waals surface area contributed by atoms with Crippen molar-refractivity contribution in [2.24, 2.45) is 5.92 Å². The van der Waals surface area contributed by atoms with Crippen LogP contribution in [0.25, 0.3) is 0 Å². The number of halogens is 1. The predicted octanol–water partition coefficient (Wildman–Crippen LogP) is 1.93. The molecule has 0 aliphatic carbocycles. The average molecular weight is 162 g/mol. The summed E-state index contributed by atoms with van der Waals surface area (Å²) in [6.07, 6.45) is 0. The second-order valence-corrected chi connectivity index (χ2v) is 2.76. The molecule has 1 nitrogen and oxygen atoms in total. The van der Waals surface area contributed by atoms with Gasteiger partial charge in [-0.2, -0.15) is 5.26 Å². The molecule has 1 atom stereocenters. The van der Waals surface area contributed by atoms with Crippen LogP contribution in [0.1, 0.15) is 13.8 Å². The monoisotopic (exact) mass is 161 g/mol. The van der Waals surface area contributed by atoms with Crippen LogP contribution < -0.4 is 0 Å². The van der Waals surface area contributed by atoms with Crippen molar-refractivity contribution in [3.63, 3.8) is 0 Å². The van der Waals surface area contributed by atoms with Crippen LogP contribution in [0.4, 0.5) is 0 Å². The van der Waals surface area contributed by atoms with Crippen LogP contribution in [-0.4, -0.2) is 4.83 Å². The predicted molar refractivity (Wildman–Crippen MR) is 33.2 cm³/mol. The first kappa shape index (κ1) is 6.97. The SMILES string of the molecule is CC(C)C(Br)C#N. The van der Waals surface area contributed by atoms with Gasteiger partial charge in [-0.1, -0.05) is 29.8 Å². The van der Waals surface area contributed by atoms with Gasteiger partial charge in [-0.3, -0.25) is 0 Å².